The molecular weight excluding hydrogens is 270 g/mol. The molecule has 0 radical (unpaired) electrons. The van der Waals surface area contributed by atoms with Crippen LogP contribution < -0.4 is 15.8 Å². The van der Waals surface area contributed by atoms with E-state index in [9.17, 15) is 0 Å². The zero-order valence-electron chi connectivity index (χ0n) is 13.5. The van der Waals surface area contributed by atoms with Crippen LogP contribution in [0.4, 0.5) is 0 Å². The number of nitrogens with zero attached hydrogens (tertiary/aromatic N) is 3. The lowest BCUT2D eigenvalue weighted by molar-refractivity contribution is 0.145. The van der Waals surface area contributed by atoms with E-state index in [4.69, 9.17) is 15.2 Å². The molecule has 1 aromatic rings. The van der Waals surface area contributed by atoms with Crippen molar-refractivity contribution in [2.75, 3.05) is 26.9 Å². The van der Waals surface area contributed by atoms with Gasteiger partial charge in [0.1, 0.15) is 0 Å². The quantitative estimate of drug-likeness (QED) is 0.400. The van der Waals surface area contributed by atoms with E-state index in [1.54, 1.807) is 11.8 Å². The molecular formula is C14H27N5O2. The molecule has 0 bridgehead atoms. The van der Waals surface area contributed by atoms with Crippen LogP contribution in [0.25, 0.3) is 0 Å². The molecule has 1 heterocycles. The molecule has 3 N–H and O–H groups in total. The fourth-order valence-electron chi connectivity index (χ4n) is 2.06. The van der Waals surface area contributed by atoms with Crippen LogP contribution in [0.3, 0.4) is 0 Å². The number of aryl methyl sites for hydroxylation is 2. The average Bonchev–Trinajstić information content (AvgIpc) is 2.79. The van der Waals surface area contributed by atoms with Crippen molar-refractivity contribution in [2.45, 2.75) is 33.2 Å². The molecule has 0 saturated heterocycles. The Balaban J connectivity index is 2.54. The van der Waals surface area contributed by atoms with Crippen LogP contribution in [0.5, 0.6) is 5.88 Å². The van der Waals surface area contributed by atoms with Crippen molar-refractivity contribution in [3.63, 3.8) is 0 Å². The summed E-state index contributed by atoms with van der Waals surface area (Å²) in [4.78, 5) is 4.35. The summed E-state index contributed by atoms with van der Waals surface area (Å²) in [6.07, 6.45) is 1.74. The highest BCUT2D eigenvalue weighted by atomic mass is 16.5. The lowest BCUT2D eigenvalue weighted by Crippen LogP contribution is -2.32. The van der Waals surface area contributed by atoms with E-state index in [1.165, 1.54) is 0 Å². The zero-order valence-corrected chi connectivity index (χ0v) is 13.5. The number of ether oxygens (including phenoxy) is 2. The van der Waals surface area contributed by atoms with E-state index in [1.807, 2.05) is 14.0 Å². The smallest absolute Gasteiger partial charge is 0.216 e. The predicted molar refractivity (Wildman–Crippen MR) is 83.6 cm³/mol. The molecule has 7 heteroatoms. The molecule has 0 unspecified atom stereocenters. The van der Waals surface area contributed by atoms with Crippen molar-refractivity contribution in [1.29, 1.82) is 0 Å². The molecule has 0 aliphatic carbocycles. The van der Waals surface area contributed by atoms with E-state index in [0.717, 1.165) is 49.7 Å². The number of methoxy groups -OCH3 is 1. The zero-order chi connectivity index (χ0) is 15.7. The number of rotatable bonds is 9. The molecule has 120 valence electrons. The van der Waals surface area contributed by atoms with Gasteiger partial charge >= 0.3 is 0 Å². The number of aliphatic imine (C=N–C) groups is 1. The molecule has 21 heavy (non-hydrogen) atoms. The Morgan fingerprint density at radius 3 is 2.81 bits per heavy atom. The van der Waals surface area contributed by atoms with E-state index in [2.05, 4.69) is 22.3 Å². The monoisotopic (exact) mass is 297 g/mol. The van der Waals surface area contributed by atoms with Crippen LogP contribution >= 0.6 is 0 Å². The maximum absolute atomic E-state index is 5.86. The number of guanidine groups is 1. The first-order valence-electron chi connectivity index (χ1n) is 7.34. The SMILES string of the molecule is CCOCCCNC(N)=NCc1c(CC)nn(C)c1OC. The van der Waals surface area contributed by atoms with Gasteiger partial charge in [-0.25, -0.2) is 9.67 Å². The average molecular weight is 297 g/mol. The van der Waals surface area contributed by atoms with Crippen LogP contribution in [0.1, 0.15) is 31.5 Å². The third kappa shape index (κ3) is 5.26. The van der Waals surface area contributed by atoms with Gasteiger partial charge in [0.25, 0.3) is 0 Å². The lowest BCUT2D eigenvalue weighted by Gasteiger charge is -2.06. The van der Waals surface area contributed by atoms with Crippen LogP contribution in [0, 0.1) is 0 Å². The summed E-state index contributed by atoms with van der Waals surface area (Å²) in [5, 5.41) is 7.49. The third-order valence-electron chi connectivity index (χ3n) is 3.08. The van der Waals surface area contributed by atoms with Gasteiger partial charge in [-0.15, -0.1) is 0 Å². The van der Waals surface area contributed by atoms with E-state index in [-0.39, 0.29) is 0 Å². The molecule has 7 nitrogen and oxygen atoms in total. The van der Waals surface area contributed by atoms with E-state index >= 15 is 0 Å². The molecule has 0 fully saturated rings. The Kier molecular flexibility index (Phi) is 7.60. The Morgan fingerprint density at radius 1 is 1.43 bits per heavy atom. The van der Waals surface area contributed by atoms with Gasteiger partial charge in [-0.1, -0.05) is 6.92 Å². The van der Waals surface area contributed by atoms with Gasteiger partial charge in [0.15, 0.2) is 5.96 Å². The number of hydrogen-bond donors (Lipinski definition) is 2. The summed E-state index contributed by atoms with van der Waals surface area (Å²) in [6, 6.07) is 0. The second-order valence-electron chi connectivity index (χ2n) is 4.59. The Morgan fingerprint density at radius 2 is 2.19 bits per heavy atom. The normalized spacial score (nSPS) is 11.7. The first-order chi connectivity index (χ1) is 10.1. The number of nitrogens with one attached hydrogen (secondary N) is 1. The molecule has 0 atom stereocenters. The van der Waals surface area contributed by atoms with Crippen LogP contribution in [-0.2, 0) is 24.8 Å². The Bertz CT molecular complexity index is 456. The second-order valence-corrected chi connectivity index (χ2v) is 4.59. The minimum Gasteiger partial charge on any atom is -0.481 e. The molecule has 0 aliphatic heterocycles. The molecule has 1 rings (SSSR count). The van der Waals surface area contributed by atoms with Gasteiger partial charge in [0.05, 0.1) is 24.9 Å². The van der Waals surface area contributed by atoms with Gasteiger partial charge in [0, 0.05) is 26.8 Å². The molecule has 0 spiro atoms. The van der Waals surface area contributed by atoms with E-state index < -0.39 is 0 Å². The fourth-order valence-corrected chi connectivity index (χ4v) is 2.06. The van der Waals surface area contributed by atoms with Gasteiger partial charge in [0.2, 0.25) is 5.88 Å². The van der Waals surface area contributed by atoms with Crippen molar-refractivity contribution in [1.82, 2.24) is 15.1 Å². The molecule has 1 aromatic heterocycles. The van der Waals surface area contributed by atoms with Gasteiger partial charge in [-0.05, 0) is 19.8 Å². The number of nitrogens with two attached hydrogens (primary N) is 1. The summed E-state index contributed by atoms with van der Waals surface area (Å²) in [5.41, 5.74) is 7.83. The molecule has 0 aromatic carbocycles. The highest BCUT2D eigenvalue weighted by Crippen LogP contribution is 2.22. The fraction of sp³-hybridized carbons (Fsp3) is 0.714. The maximum Gasteiger partial charge on any atom is 0.216 e. The summed E-state index contributed by atoms with van der Waals surface area (Å²) in [5.74, 6) is 1.17. The molecule has 0 amide bonds. The standard InChI is InChI=1S/C14H27N5O2/c1-5-12-11(13(20-4)19(3)18-12)10-17-14(15)16-8-7-9-21-6-2/h5-10H2,1-4H3,(H3,15,16,17). The van der Waals surface area contributed by atoms with Crippen molar-refractivity contribution in [2.24, 2.45) is 17.8 Å². The third-order valence-corrected chi connectivity index (χ3v) is 3.08. The van der Waals surface area contributed by atoms with Crippen molar-refractivity contribution >= 4 is 5.96 Å². The van der Waals surface area contributed by atoms with Gasteiger partial charge < -0.3 is 20.5 Å². The second kappa shape index (κ2) is 9.23. The Hall–Kier alpha value is -1.76. The molecule has 0 saturated carbocycles. The van der Waals surface area contributed by atoms with Crippen molar-refractivity contribution in [3.8, 4) is 5.88 Å². The highest BCUT2D eigenvalue weighted by Gasteiger charge is 2.14. The number of hydrogen-bond acceptors (Lipinski definition) is 4. The van der Waals surface area contributed by atoms with Gasteiger partial charge in [-0.2, -0.15) is 5.10 Å². The first-order valence-corrected chi connectivity index (χ1v) is 7.34. The predicted octanol–water partition coefficient (Wildman–Crippen LogP) is 0.822. The van der Waals surface area contributed by atoms with Crippen LogP contribution in [0.15, 0.2) is 4.99 Å². The lowest BCUT2D eigenvalue weighted by atomic mass is 10.2. The summed E-state index contributed by atoms with van der Waals surface area (Å²) >= 11 is 0. The van der Waals surface area contributed by atoms with Gasteiger partial charge in [-0.3, -0.25) is 0 Å². The first kappa shape index (κ1) is 17.3. The minimum absolute atomic E-state index is 0.430. The summed E-state index contributed by atoms with van der Waals surface area (Å²) in [6.45, 7) is 6.72. The van der Waals surface area contributed by atoms with Crippen molar-refractivity contribution in [3.05, 3.63) is 11.3 Å². The topological polar surface area (TPSA) is 86.7 Å². The largest absolute Gasteiger partial charge is 0.481 e. The van der Waals surface area contributed by atoms with Crippen LogP contribution in [-0.4, -0.2) is 42.6 Å². The van der Waals surface area contributed by atoms with Crippen LogP contribution in [0.2, 0.25) is 0 Å². The highest BCUT2D eigenvalue weighted by molar-refractivity contribution is 5.77. The molecule has 0 aliphatic rings. The number of aromatic nitrogens is 2. The minimum atomic E-state index is 0.430. The summed E-state index contributed by atoms with van der Waals surface area (Å²) < 4.78 is 12.4. The summed E-state index contributed by atoms with van der Waals surface area (Å²) in [7, 11) is 3.50. The maximum atomic E-state index is 5.86. The van der Waals surface area contributed by atoms with Crippen molar-refractivity contribution < 1.29 is 9.47 Å². The Labute approximate surface area is 126 Å². The van der Waals surface area contributed by atoms with E-state index in [0.29, 0.717) is 12.5 Å².